The minimum atomic E-state index is -0.132. The van der Waals surface area contributed by atoms with E-state index >= 15 is 0 Å². The van der Waals surface area contributed by atoms with Crippen LogP contribution >= 0.6 is 12.4 Å². The summed E-state index contributed by atoms with van der Waals surface area (Å²) in [7, 11) is 0. The molecule has 1 amide bonds. The first-order valence-corrected chi connectivity index (χ1v) is 6.24. The first kappa shape index (κ1) is 15.0. The summed E-state index contributed by atoms with van der Waals surface area (Å²) in [4.78, 5) is 11.8. The zero-order chi connectivity index (χ0) is 12.3. The molecule has 3 nitrogen and oxygen atoms in total. The Kier molecular flexibility index (Phi) is 5.17. The van der Waals surface area contributed by atoms with Crippen LogP contribution in [0.5, 0.6) is 0 Å². The van der Waals surface area contributed by atoms with E-state index in [1.807, 2.05) is 25.1 Å². The predicted molar refractivity (Wildman–Crippen MR) is 75.6 cm³/mol. The SMILES string of the molecule is CC(N)CC(=O)NC1(c2ccccc2)CCC1.Cl. The summed E-state index contributed by atoms with van der Waals surface area (Å²) in [5.74, 6) is 0.0588. The molecule has 0 bridgehead atoms. The Labute approximate surface area is 115 Å². The van der Waals surface area contributed by atoms with Crippen LogP contribution in [0, 0.1) is 0 Å². The number of halogens is 1. The summed E-state index contributed by atoms with van der Waals surface area (Å²) in [5.41, 5.74) is 6.73. The number of nitrogens with two attached hydrogens (primary N) is 1. The van der Waals surface area contributed by atoms with E-state index in [9.17, 15) is 4.79 Å². The molecular weight excluding hydrogens is 248 g/mol. The molecule has 0 aromatic heterocycles. The van der Waals surface area contributed by atoms with E-state index in [4.69, 9.17) is 5.73 Å². The van der Waals surface area contributed by atoms with Gasteiger partial charge in [-0.05, 0) is 31.7 Å². The highest BCUT2D eigenvalue weighted by Gasteiger charge is 2.39. The van der Waals surface area contributed by atoms with Crippen LogP contribution in [0.1, 0.15) is 38.2 Å². The van der Waals surface area contributed by atoms with Gasteiger partial charge in [0.1, 0.15) is 0 Å². The smallest absolute Gasteiger partial charge is 0.222 e. The second kappa shape index (κ2) is 6.21. The van der Waals surface area contributed by atoms with Crippen molar-refractivity contribution in [2.24, 2.45) is 5.73 Å². The van der Waals surface area contributed by atoms with E-state index < -0.39 is 0 Å². The summed E-state index contributed by atoms with van der Waals surface area (Å²) >= 11 is 0. The standard InChI is InChI=1S/C14H20N2O.ClH/c1-11(15)10-13(17)16-14(8-5-9-14)12-6-3-2-4-7-12;/h2-4,6-7,11H,5,8-10,15H2,1H3,(H,16,17);1H. The Morgan fingerprint density at radius 3 is 2.44 bits per heavy atom. The Morgan fingerprint density at radius 2 is 2.00 bits per heavy atom. The summed E-state index contributed by atoms with van der Waals surface area (Å²) in [6.45, 7) is 1.86. The summed E-state index contributed by atoms with van der Waals surface area (Å²) in [6, 6.07) is 10.1. The van der Waals surface area contributed by atoms with E-state index in [1.54, 1.807) is 0 Å². The molecule has 1 atom stereocenters. The number of rotatable bonds is 4. The highest BCUT2D eigenvalue weighted by Crippen LogP contribution is 2.41. The fourth-order valence-corrected chi connectivity index (χ4v) is 2.38. The molecule has 0 heterocycles. The minimum absolute atomic E-state index is 0. The maximum atomic E-state index is 11.8. The van der Waals surface area contributed by atoms with Crippen LogP contribution < -0.4 is 11.1 Å². The molecule has 1 fully saturated rings. The van der Waals surface area contributed by atoms with Crippen molar-refractivity contribution in [1.82, 2.24) is 5.32 Å². The van der Waals surface area contributed by atoms with Gasteiger partial charge in [0.2, 0.25) is 5.91 Å². The largest absolute Gasteiger partial charge is 0.347 e. The molecular formula is C14H21ClN2O. The van der Waals surface area contributed by atoms with Crippen LogP contribution in [0.25, 0.3) is 0 Å². The second-order valence-corrected chi connectivity index (χ2v) is 5.03. The van der Waals surface area contributed by atoms with Crippen LogP contribution in [0.15, 0.2) is 30.3 Å². The number of amides is 1. The van der Waals surface area contributed by atoms with Gasteiger partial charge in [0.25, 0.3) is 0 Å². The van der Waals surface area contributed by atoms with Gasteiger partial charge in [-0.15, -0.1) is 12.4 Å². The maximum absolute atomic E-state index is 11.8. The molecule has 1 saturated carbocycles. The van der Waals surface area contributed by atoms with E-state index in [-0.39, 0.29) is 29.9 Å². The number of hydrogen-bond acceptors (Lipinski definition) is 2. The molecule has 1 aliphatic rings. The van der Waals surface area contributed by atoms with Crippen LogP contribution in [0.3, 0.4) is 0 Å². The molecule has 0 saturated heterocycles. The monoisotopic (exact) mass is 268 g/mol. The molecule has 0 aliphatic heterocycles. The lowest BCUT2D eigenvalue weighted by molar-refractivity contribution is -0.124. The van der Waals surface area contributed by atoms with Gasteiger partial charge in [-0.3, -0.25) is 4.79 Å². The second-order valence-electron chi connectivity index (χ2n) is 5.03. The lowest BCUT2D eigenvalue weighted by atomic mass is 9.71. The number of benzene rings is 1. The highest BCUT2D eigenvalue weighted by molar-refractivity contribution is 5.85. The molecule has 3 N–H and O–H groups in total. The Hall–Kier alpha value is -1.06. The molecule has 0 spiro atoms. The Balaban J connectivity index is 0.00000162. The molecule has 1 aromatic carbocycles. The average Bonchev–Trinajstić information content (AvgIpc) is 2.24. The van der Waals surface area contributed by atoms with Crippen molar-refractivity contribution in [2.45, 2.75) is 44.2 Å². The number of nitrogens with one attached hydrogen (secondary N) is 1. The van der Waals surface area contributed by atoms with Crippen LogP contribution in [-0.2, 0) is 10.3 Å². The zero-order valence-electron chi connectivity index (χ0n) is 10.7. The molecule has 1 aliphatic carbocycles. The van der Waals surface area contributed by atoms with Gasteiger partial charge in [-0.2, -0.15) is 0 Å². The van der Waals surface area contributed by atoms with Gasteiger partial charge in [0.15, 0.2) is 0 Å². The number of carbonyl (C=O) groups is 1. The van der Waals surface area contributed by atoms with Gasteiger partial charge < -0.3 is 11.1 Å². The first-order chi connectivity index (χ1) is 8.12. The third-order valence-corrected chi connectivity index (χ3v) is 3.42. The summed E-state index contributed by atoms with van der Waals surface area (Å²) in [6.07, 6.45) is 3.63. The molecule has 4 heteroatoms. The molecule has 1 unspecified atom stereocenters. The van der Waals surface area contributed by atoms with Gasteiger partial charge in [0.05, 0.1) is 5.54 Å². The van der Waals surface area contributed by atoms with E-state index in [0.717, 1.165) is 12.8 Å². The minimum Gasteiger partial charge on any atom is -0.347 e. The fourth-order valence-electron chi connectivity index (χ4n) is 2.38. The third-order valence-electron chi connectivity index (χ3n) is 3.42. The van der Waals surface area contributed by atoms with Crippen molar-refractivity contribution >= 4 is 18.3 Å². The Bertz CT molecular complexity index is 388. The summed E-state index contributed by atoms with van der Waals surface area (Å²) < 4.78 is 0. The van der Waals surface area contributed by atoms with Gasteiger partial charge in [-0.1, -0.05) is 30.3 Å². The third kappa shape index (κ3) is 3.24. The molecule has 18 heavy (non-hydrogen) atoms. The van der Waals surface area contributed by atoms with Crippen molar-refractivity contribution in [1.29, 1.82) is 0 Å². The van der Waals surface area contributed by atoms with Gasteiger partial charge >= 0.3 is 0 Å². The van der Waals surface area contributed by atoms with Crippen LogP contribution in [0.4, 0.5) is 0 Å². The summed E-state index contributed by atoms with van der Waals surface area (Å²) in [5, 5.41) is 3.16. The van der Waals surface area contributed by atoms with Crippen molar-refractivity contribution in [3.05, 3.63) is 35.9 Å². The molecule has 1 aromatic rings. The van der Waals surface area contributed by atoms with Crippen molar-refractivity contribution in [2.75, 3.05) is 0 Å². The fraction of sp³-hybridized carbons (Fsp3) is 0.500. The lowest BCUT2D eigenvalue weighted by Crippen LogP contribution is -2.51. The quantitative estimate of drug-likeness (QED) is 0.881. The molecule has 100 valence electrons. The Morgan fingerprint density at radius 1 is 1.39 bits per heavy atom. The predicted octanol–water partition coefficient (Wildman–Crippen LogP) is 2.34. The normalized spacial score (nSPS) is 18.1. The van der Waals surface area contributed by atoms with E-state index in [0.29, 0.717) is 6.42 Å². The van der Waals surface area contributed by atoms with Crippen molar-refractivity contribution in [3.63, 3.8) is 0 Å². The number of hydrogen-bond donors (Lipinski definition) is 2. The van der Waals surface area contributed by atoms with Crippen molar-refractivity contribution in [3.8, 4) is 0 Å². The van der Waals surface area contributed by atoms with E-state index in [1.165, 1.54) is 12.0 Å². The van der Waals surface area contributed by atoms with Crippen LogP contribution in [-0.4, -0.2) is 11.9 Å². The van der Waals surface area contributed by atoms with Crippen molar-refractivity contribution < 1.29 is 4.79 Å². The lowest BCUT2D eigenvalue weighted by Gasteiger charge is -2.43. The van der Waals surface area contributed by atoms with Gasteiger partial charge in [0, 0.05) is 12.5 Å². The van der Waals surface area contributed by atoms with Gasteiger partial charge in [-0.25, -0.2) is 0 Å². The number of carbonyl (C=O) groups excluding carboxylic acids is 1. The average molecular weight is 269 g/mol. The zero-order valence-corrected chi connectivity index (χ0v) is 11.5. The highest BCUT2D eigenvalue weighted by atomic mass is 35.5. The molecule has 0 radical (unpaired) electrons. The van der Waals surface area contributed by atoms with E-state index in [2.05, 4.69) is 17.4 Å². The van der Waals surface area contributed by atoms with Crippen LogP contribution in [0.2, 0.25) is 0 Å². The molecule has 2 rings (SSSR count). The first-order valence-electron chi connectivity index (χ1n) is 6.24. The maximum Gasteiger partial charge on any atom is 0.222 e. The topological polar surface area (TPSA) is 55.1 Å².